The SMILES string of the molecule is CN1CCC(N(C)CC(C)(C)NS(=O)(=O)c2cccs2)CC1. The van der Waals surface area contributed by atoms with Gasteiger partial charge in [-0.05, 0) is 65.3 Å². The van der Waals surface area contributed by atoms with Crippen molar-refractivity contribution in [2.75, 3.05) is 33.7 Å². The Morgan fingerprint density at radius 3 is 2.59 bits per heavy atom. The van der Waals surface area contributed by atoms with Gasteiger partial charge >= 0.3 is 0 Å². The van der Waals surface area contributed by atoms with E-state index in [1.54, 1.807) is 17.5 Å². The molecule has 0 spiro atoms. The monoisotopic (exact) mass is 345 g/mol. The molecule has 1 aromatic heterocycles. The van der Waals surface area contributed by atoms with Crippen LogP contribution in [-0.2, 0) is 10.0 Å². The molecule has 126 valence electrons. The zero-order chi connectivity index (χ0) is 16.4. The average Bonchev–Trinajstić information content (AvgIpc) is 2.92. The molecule has 1 aliphatic rings. The molecule has 1 aromatic rings. The molecule has 1 N–H and O–H groups in total. The third kappa shape index (κ3) is 4.76. The van der Waals surface area contributed by atoms with Crippen LogP contribution in [0, 0.1) is 0 Å². The van der Waals surface area contributed by atoms with Crippen molar-refractivity contribution in [3.8, 4) is 0 Å². The van der Waals surface area contributed by atoms with Crippen LogP contribution in [0.5, 0.6) is 0 Å². The summed E-state index contributed by atoms with van der Waals surface area (Å²) in [6, 6.07) is 3.93. The number of likely N-dealkylation sites (N-methyl/N-ethyl adjacent to an activating group) is 1. The summed E-state index contributed by atoms with van der Waals surface area (Å²) in [7, 11) is 0.816. The quantitative estimate of drug-likeness (QED) is 0.855. The van der Waals surface area contributed by atoms with E-state index >= 15 is 0 Å². The number of hydrogen-bond donors (Lipinski definition) is 1. The number of nitrogens with one attached hydrogen (secondary N) is 1. The molecule has 0 saturated carbocycles. The number of hydrogen-bond acceptors (Lipinski definition) is 5. The summed E-state index contributed by atoms with van der Waals surface area (Å²) in [5.41, 5.74) is -0.499. The minimum absolute atomic E-state index is 0.377. The van der Waals surface area contributed by atoms with Gasteiger partial charge in [0.2, 0.25) is 0 Å². The first kappa shape index (κ1) is 17.9. The van der Waals surface area contributed by atoms with Gasteiger partial charge < -0.3 is 9.80 Å². The van der Waals surface area contributed by atoms with Gasteiger partial charge in [-0.2, -0.15) is 0 Å². The van der Waals surface area contributed by atoms with Gasteiger partial charge in [0, 0.05) is 18.1 Å². The second-order valence-electron chi connectivity index (χ2n) is 6.87. The van der Waals surface area contributed by atoms with Crippen molar-refractivity contribution in [3.63, 3.8) is 0 Å². The van der Waals surface area contributed by atoms with Crippen LogP contribution in [0.1, 0.15) is 26.7 Å². The van der Waals surface area contributed by atoms with E-state index in [4.69, 9.17) is 0 Å². The van der Waals surface area contributed by atoms with E-state index in [0.29, 0.717) is 16.8 Å². The molecule has 1 saturated heterocycles. The maximum Gasteiger partial charge on any atom is 0.250 e. The highest BCUT2D eigenvalue weighted by molar-refractivity contribution is 7.91. The van der Waals surface area contributed by atoms with Crippen molar-refractivity contribution in [1.82, 2.24) is 14.5 Å². The second-order valence-corrected chi connectivity index (χ2v) is 9.73. The Balaban J connectivity index is 1.95. The molecular formula is C15H27N3O2S2. The molecule has 7 heteroatoms. The van der Waals surface area contributed by atoms with Crippen LogP contribution in [0.25, 0.3) is 0 Å². The number of nitrogens with zero attached hydrogens (tertiary/aromatic N) is 2. The lowest BCUT2D eigenvalue weighted by molar-refractivity contribution is 0.124. The average molecular weight is 346 g/mol. The van der Waals surface area contributed by atoms with E-state index in [0.717, 1.165) is 25.9 Å². The lowest BCUT2D eigenvalue weighted by Gasteiger charge is -2.39. The van der Waals surface area contributed by atoms with Crippen LogP contribution < -0.4 is 4.72 Å². The molecule has 2 heterocycles. The molecule has 5 nitrogen and oxygen atoms in total. The van der Waals surface area contributed by atoms with Crippen LogP contribution in [0.2, 0.25) is 0 Å². The smallest absolute Gasteiger partial charge is 0.250 e. The predicted octanol–water partition coefficient (Wildman–Crippen LogP) is 1.83. The van der Waals surface area contributed by atoms with Gasteiger partial charge in [0.25, 0.3) is 10.0 Å². The number of likely N-dealkylation sites (tertiary alicyclic amines) is 1. The molecule has 0 radical (unpaired) electrons. The summed E-state index contributed by atoms with van der Waals surface area (Å²) in [4.78, 5) is 4.64. The third-order valence-corrected chi connectivity index (χ3v) is 7.22. The Kier molecular flexibility index (Phi) is 5.66. The van der Waals surface area contributed by atoms with Crippen LogP contribution in [0.15, 0.2) is 21.7 Å². The predicted molar refractivity (Wildman–Crippen MR) is 91.9 cm³/mol. The summed E-state index contributed by atoms with van der Waals surface area (Å²) < 4.78 is 28.0. The summed E-state index contributed by atoms with van der Waals surface area (Å²) in [5, 5.41) is 1.78. The van der Waals surface area contributed by atoms with E-state index < -0.39 is 15.6 Å². The van der Waals surface area contributed by atoms with E-state index in [1.165, 1.54) is 11.3 Å². The topological polar surface area (TPSA) is 52.6 Å². The van der Waals surface area contributed by atoms with Crippen molar-refractivity contribution in [1.29, 1.82) is 0 Å². The van der Waals surface area contributed by atoms with Crippen LogP contribution in [-0.4, -0.2) is 63.5 Å². The standard InChI is InChI=1S/C15H27N3O2S2/c1-15(2,16-22(19,20)14-6-5-11-21-14)12-18(4)13-7-9-17(3)10-8-13/h5-6,11,13,16H,7-10,12H2,1-4H3. The maximum atomic E-state index is 12.4. The Hall–Kier alpha value is -0.470. The Morgan fingerprint density at radius 1 is 1.41 bits per heavy atom. The van der Waals surface area contributed by atoms with Crippen molar-refractivity contribution in [2.24, 2.45) is 0 Å². The fourth-order valence-corrected chi connectivity index (χ4v) is 5.45. The van der Waals surface area contributed by atoms with Crippen molar-refractivity contribution >= 4 is 21.4 Å². The number of thiophene rings is 1. The molecule has 0 aromatic carbocycles. The first-order valence-electron chi connectivity index (χ1n) is 7.66. The van der Waals surface area contributed by atoms with E-state index in [1.807, 2.05) is 13.8 Å². The highest BCUT2D eigenvalue weighted by Crippen LogP contribution is 2.20. The fourth-order valence-electron chi connectivity index (χ4n) is 3.05. The Labute approximate surface area is 138 Å². The molecular weight excluding hydrogens is 318 g/mol. The summed E-state index contributed by atoms with van der Waals surface area (Å²) in [6.07, 6.45) is 2.28. The molecule has 0 atom stereocenters. The van der Waals surface area contributed by atoms with E-state index in [-0.39, 0.29) is 0 Å². The normalized spacial score (nSPS) is 19.0. The van der Waals surface area contributed by atoms with Gasteiger partial charge in [-0.3, -0.25) is 0 Å². The lowest BCUT2D eigenvalue weighted by atomic mass is 10.0. The number of rotatable bonds is 6. The zero-order valence-corrected chi connectivity index (χ0v) is 15.5. The van der Waals surface area contributed by atoms with Gasteiger partial charge in [0.1, 0.15) is 4.21 Å². The van der Waals surface area contributed by atoms with Gasteiger partial charge in [0.15, 0.2) is 0 Å². The van der Waals surface area contributed by atoms with Gasteiger partial charge in [-0.1, -0.05) is 6.07 Å². The van der Waals surface area contributed by atoms with Crippen LogP contribution in [0.4, 0.5) is 0 Å². The molecule has 2 rings (SSSR count). The number of piperidine rings is 1. The van der Waals surface area contributed by atoms with Crippen LogP contribution >= 0.6 is 11.3 Å². The van der Waals surface area contributed by atoms with E-state index in [9.17, 15) is 8.42 Å². The number of sulfonamides is 1. The zero-order valence-electron chi connectivity index (χ0n) is 13.9. The second kappa shape index (κ2) is 6.97. The Bertz CT molecular complexity index is 562. The van der Waals surface area contributed by atoms with Crippen molar-refractivity contribution < 1.29 is 8.42 Å². The largest absolute Gasteiger partial charge is 0.306 e. The highest BCUT2D eigenvalue weighted by Gasteiger charge is 2.30. The highest BCUT2D eigenvalue weighted by atomic mass is 32.2. The van der Waals surface area contributed by atoms with Crippen molar-refractivity contribution in [2.45, 2.75) is 42.5 Å². The summed E-state index contributed by atoms with van der Waals surface area (Å²) in [6.45, 7) is 6.81. The minimum atomic E-state index is -3.43. The van der Waals surface area contributed by atoms with Gasteiger partial charge in [0.05, 0.1) is 0 Å². The van der Waals surface area contributed by atoms with Gasteiger partial charge in [-0.25, -0.2) is 13.1 Å². The summed E-state index contributed by atoms with van der Waals surface area (Å²) >= 11 is 1.25. The van der Waals surface area contributed by atoms with Gasteiger partial charge in [-0.15, -0.1) is 11.3 Å². The Morgan fingerprint density at radius 2 is 2.05 bits per heavy atom. The molecule has 22 heavy (non-hydrogen) atoms. The minimum Gasteiger partial charge on any atom is -0.306 e. The third-order valence-electron chi connectivity index (χ3n) is 4.13. The summed E-state index contributed by atoms with van der Waals surface area (Å²) in [5.74, 6) is 0. The molecule has 1 aliphatic heterocycles. The molecule has 1 fully saturated rings. The first-order valence-corrected chi connectivity index (χ1v) is 10.0. The van der Waals surface area contributed by atoms with Crippen LogP contribution in [0.3, 0.4) is 0 Å². The fraction of sp³-hybridized carbons (Fsp3) is 0.733. The van der Waals surface area contributed by atoms with E-state index in [2.05, 4.69) is 28.6 Å². The molecule has 0 amide bonds. The molecule has 0 aliphatic carbocycles. The van der Waals surface area contributed by atoms with Crippen molar-refractivity contribution in [3.05, 3.63) is 17.5 Å². The first-order chi connectivity index (χ1) is 10.2. The molecule has 0 bridgehead atoms. The maximum absolute atomic E-state index is 12.4. The lowest BCUT2D eigenvalue weighted by Crippen LogP contribution is -2.53. The molecule has 0 unspecified atom stereocenters.